The molecule has 2 nitrogen and oxygen atoms in total. The lowest BCUT2D eigenvalue weighted by molar-refractivity contribution is 0.209. The highest BCUT2D eigenvalue weighted by Gasteiger charge is 2.13. The molecule has 0 radical (unpaired) electrons. The summed E-state index contributed by atoms with van der Waals surface area (Å²) in [6.07, 6.45) is 7.76. The van der Waals surface area contributed by atoms with Gasteiger partial charge in [0.2, 0.25) is 0 Å². The molecule has 0 amide bonds. The first-order valence-corrected chi connectivity index (χ1v) is 7.21. The SMILES string of the molecule is CC(N)Cc1ccc(OCC2CCCCC2)cc1.Cl. The zero-order chi connectivity index (χ0) is 12.8. The minimum Gasteiger partial charge on any atom is -0.493 e. The van der Waals surface area contributed by atoms with Crippen LogP contribution in [0.25, 0.3) is 0 Å². The van der Waals surface area contributed by atoms with Crippen molar-refractivity contribution >= 4 is 12.4 Å². The standard InChI is InChI=1S/C16H25NO.ClH/c1-13(17)11-14-7-9-16(10-8-14)18-12-15-5-3-2-4-6-15;/h7-10,13,15H,2-6,11-12,17H2,1H3;1H. The second kappa shape index (κ2) is 8.44. The normalized spacial score (nSPS) is 17.6. The van der Waals surface area contributed by atoms with Gasteiger partial charge in [-0.25, -0.2) is 0 Å². The lowest BCUT2D eigenvalue weighted by atomic mass is 9.90. The summed E-state index contributed by atoms with van der Waals surface area (Å²) in [6, 6.07) is 8.61. The summed E-state index contributed by atoms with van der Waals surface area (Å²) in [7, 11) is 0. The van der Waals surface area contributed by atoms with Gasteiger partial charge in [0.05, 0.1) is 6.61 Å². The van der Waals surface area contributed by atoms with Gasteiger partial charge in [-0.2, -0.15) is 0 Å². The minimum atomic E-state index is 0. The molecule has 0 saturated heterocycles. The lowest BCUT2D eigenvalue weighted by Crippen LogP contribution is -2.17. The van der Waals surface area contributed by atoms with Crippen molar-refractivity contribution in [2.45, 2.75) is 51.5 Å². The summed E-state index contributed by atoms with van der Waals surface area (Å²) in [5.74, 6) is 1.76. The topological polar surface area (TPSA) is 35.2 Å². The van der Waals surface area contributed by atoms with Crippen LogP contribution >= 0.6 is 12.4 Å². The third kappa shape index (κ3) is 5.84. The summed E-state index contributed by atoms with van der Waals surface area (Å²) >= 11 is 0. The van der Waals surface area contributed by atoms with Crippen LogP contribution in [0.3, 0.4) is 0 Å². The average molecular weight is 284 g/mol. The zero-order valence-electron chi connectivity index (χ0n) is 11.8. The summed E-state index contributed by atoms with van der Waals surface area (Å²) < 4.78 is 5.87. The number of halogens is 1. The molecule has 1 unspecified atom stereocenters. The monoisotopic (exact) mass is 283 g/mol. The number of hydrogen-bond acceptors (Lipinski definition) is 2. The highest BCUT2D eigenvalue weighted by molar-refractivity contribution is 5.85. The van der Waals surface area contributed by atoms with Crippen LogP contribution in [0, 0.1) is 5.92 Å². The molecule has 1 fully saturated rings. The van der Waals surface area contributed by atoms with Crippen LogP contribution in [-0.4, -0.2) is 12.6 Å². The Balaban J connectivity index is 0.00000180. The van der Waals surface area contributed by atoms with E-state index in [1.54, 1.807) is 0 Å². The van der Waals surface area contributed by atoms with Gasteiger partial charge >= 0.3 is 0 Å². The van der Waals surface area contributed by atoms with Gasteiger partial charge < -0.3 is 10.5 Å². The molecule has 2 rings (SSSR count). The molecule has 0 spiro atoms. The lowest BCUT2D eigenvalue weighted by Gasteiger charge is -2.21. The molecule has 1 atom stereocenters. The summed E-state index contributed by atoms with van der Waals surface area (Å²) in [6.45, 7) is 2.92. The van der Waals surface area contributed by atoms with Crippen molar-refractivity contribution in [3.63, 3.8) is 0 Å². The Morgan fingerprint density at radius 2 is 1.79 bits per heavy atom. The molecule has 1 saturated carbocycles. The quantitative estimate of drug-likeness (QED) is 0.888. The van der Waals surface area contributed by atoms with Gasteiger partial charge in [0.25, 0.3) is 0 Å². The van der Waals surface area contributed by atoms with Crippen molar-refractivity contribution in [3.05, 3.63) is 29.8 Å². The Morgan fingerprint density at radius 1 is 1.16 bits per heavy atom. The predicted molar refractivity (Wildman–Crippen MR) is 83.1 cm³/mol. The predicted octanol–water partition coefficient (Wildman–Crippen LogP) is 3.96. The van der Waals surface area contributed by atoms with E-state index in [-0.39, 0.29) is 18.4 Å². The van der Waals surface area contributed by atoms with Crippen LogP contribution in [-0.2, 0) is 6.42 Å². The van der Waals surface area contributed by atoms with Gasteiger partial charge in [-0.1, -0.05) is 31.4 Å². The molecule has 1 aliphatic carbocycles. The third-order valence-electron chi connectivity index (χ3n) is 3.69. The van der Waals surface area contributed by atoms with Gasteiger partial charge in [-0.15, -0.1) is 12.4 Å². The fourth-order valence-corrected chi connectivity index (χ4v) is 2.66. The molecule has 0 aromatic heterocycles. The van der Waals surface area contributed by atoms with Crippen molar-refractivity contribution in [1.82, 2.24) is 0 Å². The fourth-order valence-electron chi connectivity index (χ4n) is 2.66. The van der Waals surface area contributed by atoms with Crippen molar-refractivity contribution in [2.24, 2.45) is 11.7 Å². The Kier molecular flexibility index (Phi) is 7.25. The molecular weight excluding hydrogens is 258 g/mol. The third-order valence-corrected chi connectivity index (χ3v) is 3.69. The average Bonchev–Trinajstić information content (AvgIpc) is 2.38. The Bertz CT molecular complexity index is 344. The van der Waals surface area contributed by atoms with E-state index in [2.05, 4.69) is 24.3 Å². The highest BCUT2D eigenvalue weighted by atomic mass is 35.5. The highest BCUT2D eigenvalue weighted by Crippen LogP contribution is 2.24. The number of ether oxygens (including phenoxy) is 1. The van der Waals surface area contributed by atoms with Crippen LogP contribution in [0.5, 0.6) is 5.75 Å². The van der Waals surface area contributed by atoms with Crippen LogP contribution in [0.15, 0.2) is 24.3 Å². The van der Waals surface area contributed by atoms with Crippen molar-refractivity contribution in [1.29, 1.82) is 0 Å². The van der Waals surface area contributed by atoms with E-state index < -0.39 is 0 Å². The number of benzene rings is 1. The molecule has 0 bridgehead atoms. The van der Waals surface area contributed by atoms with Crippen molar-refractivity contribution in [3.8, 4) is 5.75 Å². The fraction of sp³-hybridized carbons (Fsp3) is 0.625. The molecule has 19 heavy (non-hydrogen) atoms. The van der Waals surface area contributed by atoms with E-state index in [0.29, 0.717) is 0 Å². The molecule has 0 heterocycles. The largest absolute Gasteiger partial charge is 0.493 e. The Hall–Kier alpha value is -0.730. The van der Waals surface area contributed by atoms with Gasteiger partial charge in [-0.05, 0) is 49.8 Å². The molecule has 1 aromatic rings. The van der Waals surface area contributed by atoms with Crippen LogP contribution < -0.4 is 10.5 Å². The second-order valence-electron chi connectivity index (χ2n) is 5.64. The molecular formula is C16H26ClNO. The molecule has 1 aliphatic rings. The van der Waals surface area contributed by atoms with Crippen LogP contribution in [0.1, 0.15) is 44.6 Å². The maximum absolute atomic E-state index is 5.87. The molecule has 108 valence electrons. The van der Waals surface area contributed by atoms with Crippen molar-refractivity contribution < 1.29 is 4.74 Å². The number of nitrogens with two attached hydrogens (primary N) is 1. The second-order valence-corrected chi connectivity index (χ2v) is 5.64. The van der Waals surface area contributed by atoms with E-state index in [1.807, 2.05) is 6.92 Å². The first-order chi connectivity index (χ1) is 8.74. The first-order valence-electron chi connectivity index (χ1n) is 7.21. The summed E-state index contributed by atoms with van der Waals surface area (Å²) in [4.78, 5) is 0. The number of rotatable bonds is 5. The molecule has 1 aromatic carbocycles. The number of hydrogen-bond donors (Lipinski definition) is 1. The van der Waals surface area contributed by atoms with E-state index in [0.717, 1.165) is 24.7 Å². The van der Waals surface area contributed by atoms with Gasteiger partial charge in [0.1, 0.15) is 5.75 Å². The van der Waals surface area contributed by atoms with E-state index >= 15 is 0 Å². The van der Waals surface area contributed by atoms with E-state index in [1.165, 1.54) is 37.7 Å². The van der Waals surface area contributed by atoms with E-state index in [9.17, 15) is 0 Å². The van der Waals surface area contributed by atoms with Gasteiger partial charge in [-0.3, -0.25) is 0 Å². The minimum absolute atomic E-state index is 0. The smallest absolute Gasteiger partial charge is 0.119 e. The van der Waals surface area contributed by atoms with Crippen LogP contribution in [0.2, 0.25) is 0 Å². The summed E-state index contributed by atoms with van der Waals surface area (Å²) in [5.41, 5.74) is 7.07. The molecule has 2 N–H and O–H groups in total. The van der Waals surface area contributed by atoms with Crippen LogP contribution in [0.4, 0.5) is 0 Å². The first kappa shape index (κ1) is 16.3. The molecule has 0 aliphatic heterocycles. The zero-order valence-corrected chi connectivity index (χ0v) is 12.6. The Labute approximate surface area is 123 Å². The molecule has 3 heteroatoms. The maximum atomic E-state index is 5.87. The van der Waals surface area contributed by atoms with Gasteiger partial charge in [0.15, 0.2) is 0 Å². The Morgan fingerprint density at radius 3 is 2.37 bits per heavy atom. The maximum Gasteiger partial charge on any atom is 0.119 e. The van der Waals surface area contributed by atoms with Crippen molar-refractivity contribution in [2.75, 3.05) is 6.61 Å². The van der Waals surface area contributed by atoms with E-state index in [4.69, 9.17) is 10.5 Å². The summed E-state index contributed by atoms with van der Waals surface area (Å²) in [5, 5.41) is 0. The van der Waals surface area contributed by atoms with Gasteiger partial charge in [0, 0.05) is 6.04 Å².